The molecule has 0 aliphatic heterocycles. The van der Waals surface area contributed by atoms with Crippen LogP contribution in [0.1, 0.15) is 0 Å². The Labute approximate surface area is 118 Å². The summed E-state index contributed by atoms with van der Waals surface area (Å²) < 4.78 is 6.84. The number of hydrogen-bond donors (Lipinski definition) is 0. The number of pyridine rings is 1. The van der Waals surface area contributed by atoms with E-state index in [1.807, 2.05) is 0 Å². The van der Waals surface area contributed by atoms with Gasteiger partial charge in [-0.1, -0.05) is 23.7 Å². The molecule has 0 unspecified atom stereocenters. The van der Waals surface area contributed by atoms with Crippen molar-refractivity contribution in [3.63, 3.8) is 0 Å². The summed E-state index contributed by atoms with van der Waals surface area (Å²) in [6.45, 7) is 0. The number of ether oxygens (including phenoxy) is 1. The minimum absolute atomic E-state index is 0.0662. The maximum atomic E-state index is 11.2. The highest BCUT2D eigenvalue weighted by Crippen LogP contribution is 2.32. The second-order valence-electron chi connectivity index (χ2n) is 3.99. The smallest absolute Gasteiger partial charge is 0.392 e. The molecule has 1 aromatic carbocycles. The van der Waals surface area contributed by atoms with Crippen molar-refractivity contribution < 1.29 is 9.66 Å². The molecule has 6 nitrogen and oxygen atoms in total. The van der Waals surface area contributed by atoms with Gasteiger partial charge in [-0.05, 0) is 29.2 Å². The molecular weight excluding hydrogens is 282 g/mol. The van der Waals surface area contributed by atoms with Crippen molar-refractivity contribution in [2.24, 2.45) is 0 Å². The number of nitrogens with zero attached hydrogens (tertiary/aromatic N) is 3. The lowest BCUT2D eigenvalue weighted by molar-refractivity contribution is -0.391. The third kappa shape index (κ3) is 2.17. The van der Waals surface area contributed by atoms with Gasteiger partial charge in [0.2, 0.25) is 5.65 Å². The highest BCUT2D eigenvalue weighted by Gasteiger charge is 2.24. The number of aromatic nitrogens is 2. The lowest BCUT2D eigenvalue weighted by Crippen LogP contribution is -1.95. The van der Waals surface area contributed by atoms with E-state index in [4.69, 9.17) is 16.3 Å². The normalized spacial score (nSPS) is 10.7. The lowest BCUT2D eigenvalue weighted by atomic mass is 10.3. The molecule has 0 saturated heterocycles. The minimum Gasteiger partial charge on any atom is -0.432 e. The molecule has 3 rings (SSSR count). The van der Waals surface area contributed by atoms with Gasteiger partial charge in [-0.2, -0.15) is 9.38 Å². The molecule has 2 heterocycles. The summed E-state index contributed by atoms with van der Waals surface area (Å²) in [7, 11) is 0. The molecule has 0 spiro atoms. The third-order valence-electron chi connectivity index (χ3n) is 2.66. The van der Waals surface area contributed by atoms with E-state index in [1.54, 1.807) is 48.7 Å². The summed E-state index contributed by atoms with van der Waals surface area (Å²) in [5, 5.41) is 11.7. The lowest BCUT2D eigenvalue weighted by Gasteiger charge is -2.02. The van der Waals surface area contributed by atoms with E-state index in [1.165, 1.54) is 4.40 Å². The molecule has 0 amide bonds. The van der Waals surface area contributed by atoms with Crippen molar-refractivity contribution in [1.29, 1.82) is 0 Å². The SMILES string of the molecule is O=[N+]([O-])c1c(Oc2cccc(Cl)c2)nc2ccccn12. The molecule has 0 N–H and O–H groups in total. The largest absolute Gasteiger partial charge is 0.432 e. The molecule has 0 radical (unpaired) electrons. The summed E-state index contributed by atoms with van der Waals surface area (Å²) in [4.78, 5) is 14.8. The van der Waals surface area contributed by atoms with Crippen molar-refractivity contribution in [2.45, 2.75) is 0 Å². The zero-order valence-corrected chi connectivity index (χ0v) is 10.8. The van der Waals surface area contributed by atoms with Crippen LogP contribution in [0.2, 0.25) is 5.02 Å². The van der Waals surface area contributed by atoms with Crippen molar-refractivity contribution in [1.82, 2.24) is 9.38 Å². The van der Waals surface area contributed by atoms with Gasteiger partial charge >= 0.3 is 11.7 Å². The zero-order valence-electron chi connectivity index (χ0n) is 10.1. The molecule has 0 fully saturated rings. The van der Waals surface area contributed by atoms with Gasteiger partial charge < -0.3 is 14.9 Å². The first-order chi connectivity index (χ1) is 9.65. The highest BCUT2D eigenvalue weighted by atomic mass is 35.5. The fraction of sp³-hybridized carbons (Fsp3) is 0. The maximum absolute atomic E-state index is 11.2. The average molecular weight is 290 g/mol. The Balaban J connectivity index is 2.11. The van der Waals surface area contributed by atoms with E-state index < -0.39 is 4.92 Å². The van der Waals surface area contributed by atoms with Crippen LogP contribution >= 0.6 is 11.6 Å². The molecule has 0 aliphatic rings. The van der Waals surface area contributed by atoms with Crippen molar-refractivity contribution in [3.05, 3.63) is 63.8 Å². The van der Waals surface area contributed by atoms with Crippen molar-refractivity contribution >= 4 is 23.1 Å². The van der Waals surface area contributed by atoms with Crippen LogP contribution in [0.4, 0.5) is 5.82 Å². The highest BCUT2D eigenvalue weighted by molar-refractivity contribution is 6.30. The van der Waals surface area contributed by atoms with Gasteiger partial charge in [0.15, 0.2) is 0 Å². The Kier molecular flexibility index (Phi) is 3.00. The Hall–Kier alpha value is -2.60. The van der Waals surface area contributed by atoms with Crippen LogP contribution in [0.25, 0.3) is 5.65 Å². The van der Waals surface area contributed by atoms with Crippen LogP contribution in [0.3, 0.4) is 0 Å². The van der Waals surface area contributed by atoms with Gasteiger partial charge in [-0.3, -0.25) is 0 Å². The fourth-order valence-corrected chi connectivity index (χ4v) is 2.02. The Morgan fingerprint density at radius 2 is 2.10 bits per heavy atom. The summed E-state index contributed by atoms with van der Waals surface area (Å²) in [5.74, 6) is 0.105. The van der Waals surface area contributed by atoms with Crippen molar-refractivity contribution in [2.75, 3.05) is 0 Å². The topological polar surface area (TPSA) is 69.7 Å². The van der Waals surface area contributed by atoms with Crippen molar-refractivity contribution in [3.8, 4) is 11.6 Å². The van der Waals surface area contributed by atoms with Crippen LogP contribution in [0.5, 0.6) is 11.6 Å². The fourth-order valence-electron chi connectivity index (χ4n) is 1.84. The molecule has 3 aromatic rings. The number of hydrogen-bond acceptors (Lipinski definition) is 4. The number of fused-ring (bicyclic) bond motifs is 1. The zero-order chi connectivity index (χ0) is 14.1. The molecule has 0 bridgehead atoms. The van der Waals surface area contributed by atoms with E-state index in [-0.39, 0.29) is 11.7 Å². The molecule has 2 aromatic heterocycles. The second kappa shape index (κ2) is 4.82. The molecule has 7 heteroatoms. The van der Waals surface area contributed by atoms with Crippen LogP contribution in [0, 0.1) is 10.1 Å². The van der Waals surface area contributed by atoms with E-state index in [0.717, 1.165) is 0 Å². The van der Waals surface area contributed by atoms with Gasteiger partial charge in [0, 0.05) is 11.1 Å². The average Bonchev–Trinajstić information content (AvgIpc) is 2.76. The van der Waals surface area contributed by atoms with Gasteiger partial charge in [0.05, 0.1) is 6.20 Å². The van der Waals surface area contributed by atoms with E-state index in [2.05, 4.69) is 4.98 Å². The number of rotatable bonds is 3. The first-order valence-electron chi connectivity index (χ1n) is 5.70. The minimum atomic E-state index is -0.528. The summed E-state index contributed by atoms with van der Waals surface area (Å²) in [5.41, 5.74) is 0.441. The Morgan fingerprint density at radius 1 is 1.25 bits per heavy atom. The van der Waals surface area contributed by atoms with E-state index >= 15 is 0 Å². The molecule has 0 aliphatic carbocycles. The number of halogens is 1. The first-order valence-corrected chi connectivity index (χ1v) is 6.08. The number of benzene rings is 1. The van der Waals surface area contributed by atoms with Crippen LogP contribution < -0.4 is 4.74 Å². The predicted octanol–water partition coefficient (Wildman–Crippen LogP) is 3.69. The standard InChI is InChI=1S/C13H8ClN3O3/c14-9-4-3-5-10(8-9)20-12-13(17(18)19)16-7-2-1-6-11(16)15-12/h1-8H. The van der Waals surface area contributed by atoms with E-state index in [0.29, 0.717) is 16.4 Å². The summed E-state index contributed by atoms with van der Waals surface area (Å²) in [6.07, 6.45) is 1.56. The Bertz CT molecular complexity index is 800. The molecule has 100 valence electrons. The number of imidazole rings is 1. The quantitative estimate of drug-likeness (QED) is 0.544. The van der Waals surface area contributed by atoms with Crippen LogP contribution in [-0.2, 0) is 0 Å². The maximum Gasteiger partial charge on any atom is 0.392 e. The third-order valence-corrected chi connectivity index (χ3v) is 2.89. The van der Waals surface area contributed by atoms with Gasteiger partial charge in [0.25, 0.3) is 0 Å². The summed E-state index contributed by atoms with van der Waals surface area (Å²) in [6, 6.07) is 11.7. The number of nitro groups is 1. The first kappa shape index (κ1) is 12.4. The Morgan fingerprint density at radius 3 is 2.85 bits per heavy atom. The molecule has 0 saturated carbocycles. The molecule has 0 atom stereocenters. The molecule has 20 heavy (non-hydrogen) atoms. The van der Waals surface area contributed by atoms with Gasteiger partial charge in [-0.15, -0.1) is 0 Å². The van der Waals surface area contributed by atoms with Crippen LogP contribution in [-0.4, -0.2) is 14.3 Å². The predicted molar refractivity (Wildman–Crippen MR) is 73.4 cm³/mol. The van der Waals surface area contributed by atoms with Crippen LogP contribution in [0.15, 0.2) is 48.7 Å². The van der Waals surface area contributed by atoms with Gasteiger partial charge in [0.1, 0.15) is 5.75 Å². The summed E-state index contributed by atoms with van der Waals surface area (Å²) >= 11 is 5.85. The molecular formula is C13H8ClN3O3. The van der Waals surface area contributed by atoms with Gasteiger partial charge in [-0.25, -0.2) is 0 Å². The second-order valence-corrected chi connectivity index (χ2v) is 4.42. The van der Waals surface area contributed by atoms with E-state index in [9.17, 15) is 10.1 Å². The monoisotopic (exact) mass is 289 g/mol.